The third-order valence-electron chi connectivity index (χ3n) is 11.5. The number of carbonyl (C=O) groups excluding carboxylic acids is 3. The predicted octanol–water partition coefficient (Wildman–Crippen LogP) is 6.64. The summed E-state index contributed by atoms with van der Waals surface area (Å²) >= 11 is 0. The third kappa shape index (κ3) is 8.38. The van der Waals surface area contributed by atoms with E-state index < -0.39 is 52.3 Å². The second-order valence-electron chi connectivity index (χ2n) is 15.1. The van der Waals surface area contributed by atoms with Crippen molar-refractivity contribution in [3.05, 3.63) is 42.4 Å². The smallest absolute Gasteiger partial charge is 0.351 e. The van der Waals surface area contributed by atoms with Gasteiger partial charge in [-0.2, -0.15) is 5.10 Å². The number of carbonyl (C=O) groups is 3. The zero-order valence-electron chi connectivity index (χ0n) is 31.0. The maximum atomic E-state index is 16.2. The van der Waals surface area contributed by atoms with Gasteiger partial charge in [-0.3, -0.25) is 9.59 Å². The van der Waals surface area contributed by atoms with Crippen molar-refractivity contribution in [1.29, 1.82) is 0 Å². The molecule has 1 amide bonds. The van der Waals surface area contributed by atoms with Gasteiger partial charge in [0, 0.05) is 48.6 Å². The fraction of sp³-hybridized carbons (Fsp3) is 0.658. The molecule has 2 aromatic rings. The molecule has 2 fully saturated rings. The number of cyclic esters (lactones) is 1. The third-order valence-corrected chi connectivity index (χ3v) is 11.5. The molecule has 1 saturated carbocycles. The molecule has 1 aliphatic heterocycles. The zero-order valence-corrected chi connectivity index (χ0v) is 31.0. The quantitative estimate of drug-likeness (QED) is 0.208. The summed E-state index contributed by atoms with van der Waals surface area (Å²) < 4.78 is 23.6. The Morgan fingerprint density at radius 2 is 1.86 bits per heavy atom. The van der Waals surface area contributed by atoms with Crippen molar-refractivity contribution in [2.45, 2.75) is 125 Å². The predicted molar refractivity (Wildman–Crippen MR) is 188 cm³/mol. The van der Waals surface area contributed by atoms with E-state index in [-0.39, 0.29) is 30.8 Å². The van der Waals surface area contributed by atoms with Gasteiger partial charge in [0.1, 0.15) is 18.3 Å². The van der Waals surface area contributed by atoms with Crippen molar-refractivity contribution >= 4 is 29.1 Å². The first kappa shape index (κ1) is 39.0. The number of hydrogen-bond acceptors (Lipinski definition) is 9. The van der Waals surface area contributed by atoms with Gasteiger partial charge < -0.3 is 14.7 Å². The Kier molecular flexibility index (Phi) is 12.2. The molecule has 3 heterocycles. The standard InChI is InChI=1S/C38H54FN5O6/c1-10-31-38(9,48)30-14-13-29(43-49-22-28-12-15-32(40-21-28)44-19-11-18-41-44)16-17-36(7,20-23(2)33(25(30)4)42-27(6)45)26(5)24(3)34(46)37(8,39)35(47)50-31/h11-12,15,18-19,21,23-26,30-31,48H,10,13-14,16-17,20,22H2,1-9H3/b42-33?,43-29+/t23-,24-,25-,26-,30-,31-,36-,37+,38+/m1/s1. The lowest BCUT2D eigenvalue weighted by Gasteiger charge is -2.45. The molecule has 11 nitrogen and oxygen atoms in total. The number of ether oxygens (including phenoxy) is 1. The molecule has 0 radical (unpaired) electrons. The van der Waals surface area contributed by atoms with Crippen molar-refractivity contribution in [3.63, 3.8) is 0 Å². The number of oxime groups is 1. The number of pyridine rings is 1. The van der Waals surface area contributed by atoms with Crippen LogP contribution in [0.15, 0.2) is 46.9 Å². The average Bonchev–Trinajstić information content (AvgIpc) is 3.61. The first-order valence-electron chi connectivity index (χ1n) is 17.8. The number of halogens is 1. The molecule has 2 aromatic heterocycles. The van der Waals surface area contributed by atoms with Crippen LogP contribution in [0.3, 0.4) is 0 Å². The number of ketones is 1. The lowest BCUT2D eigenvalue weighted by atomic mass is 9.62. The van der Waals surface area contributed by atoms with Gasteiger partial charge in [0.15, 0.2) is 11.6 Å². The zero-order chi connectivity index (χ0) is 37.0. The lowest BCUT2D eigenvalue weighted by molar-refractivity contribution is -0.186. The van der Waals surface area contributed by atoms with Gasteiger partial charge in [0.25, 0.3) is 5.67 Å². The van der Waals surface area contributed by atoms with Gasteiger partial charge in [-0.25, -0.2) is 23.8 Å². The molecule has 1 N–H and O–H groups in total. The van der Waals surface area contributed by atoms with E-state index in [2.05, 4.69) is 27.2 Å². The fourth-order valence-electron chi connectivity index (χ4n) is 8.08. The minimum Gasteiger partial charge on any atom is -0.457 e. The van der Waals surface area contributed by atoms with Gasteiger partial charge in [-0.15, -0.1) is 0 Å². The molecule has 0 aromatic carbocycles. The molecule has 4 rings (SSSR count). The van der Waals surface area contributed by atoms with Gasteiger partial charge in [-0.05, 0) is 87.7 Å². The number of aliphatic hydroxyl groups is 1. The molecule has 2 aliphatic rings. The molecule has 12 heteroatoms. The van der Waals surface area contributed by atoms with Crippen molar-refractivity contribution in [2.75, 3.05) is 0 Å². The molecular formula is C38H54FN5O6. The van der Waals surface area contributed by atoms with E-state index in [1.807, 2.05) is 45.2 Å². The van der Waals surface area contributed by atoms with Gasteiger partial charge >= 0.3 is 5.97 Å². The first-order valence-corrected chi connectivity index (χ1v) is 17.8. The number of amides is 1. The lowest BCUT2D eigenvalue weighted by Crippen LogP contribution is -2.55. The van der Waals surface area contributed by atoms with E-state index in [4.69, 9.17) is 9.57 Å². The van der Waals surface area contributed by atoms with Crippen LogP contribution in [0.4, 0.5) is 4.39 Å². The van der Waals surface area contributed by atoms with E-state index >= 15 is 4.39 Å². The number of hydrogen-bond donors (Lipinski definition) is 1. The Balaban J connectivity index is 1.79. The Hall–Kier alpha value is -3.80. The largest absolute Gasteiger partial charge is 0.457 e. The van der Waals surface area contributed by atoms with Crippen LogP contribution in [0.5, 0.6) is 0 Å². The summed E-state index contributed by atoms with van der Waals surface area (Å²) in [6.07, 6.45) is 6.69. The fourth-order valence-corrected chi connectivity index (χ4v) is 8.08. The summed E-state index contributed by atoms with van der Waals surface area (Å²) in [5.74, 6) is -4.28. The highest BCUT2D eigenvalue weighted by atomic mass is 19.1. The Morgan fingerprint density at radius 3 is 2.46 bits per heavy atom. The van der Waals surface area contributed by atoms with Crippen LogP contribution in [-0.2, 0) is 30.6 Å². The average molecular weight is 696 g/mol. The van der Waals surface area contributed by atoms with Crippen LogP contribution in [0.25, 0.3) is 5.82 Å². The maximum absolute atomic E-state index is 16.2. The summed E-state index contributed by atoms with van der Waals surface area (Å²) in [4.78, 5) is 54.6. The van der Waals surface area contributed by atoms with Gasteiger partial charge in [0.2, 0.25) is 5.91 Å². The molecule has 9 atom stereocenters. The topological polar surface area (TPSA) is 145 Å². The normalized spacial score (nSPS) is 36.3. The van der Waals surface area contributed by atoms with Gasteiger partial charge in [0.05, 0.1) is 5.71 Å². The highest BCUT2D eigenvalue weighted by Gasteiger charge is 2.53. The first-order chi connectivity index (χ1) is 23.4. The molecular weight excluding hydrogens is 641 g/mol. The van der Waals surface area contributed by atoms with Crippen LogP contribution in [-0.4, -0.2) is 66.3 Å². The van der Waals surface area contributed by atoms with E-state index in [0.717, 1.165) is 18.2 Å². The Labute approximate surface area is 295 Å². The number of aromatic nitrogens is 3. The molecule has 1 aliphatic carbocycles. The Morgan fingerprint density at radius 1 is 1.14 bits per heavy atom. The van der Waals surface area contributed by atoms with Crippen LogP contribution in [0, 0.1) is 35.0 Å². The van der Waals surface area contributed by atoms with Crippen molar-refractivity contribution in [2.24, 2.45) is 45.2 Å². The summed E-state index contributed by atoms with van der Waals surface area (Å²) in [6.45, 7) is 15.5. The number of rotatable bonds is 5. The molecule has 0 spiro atoms. The second kappa shape index (κ2) is 15.6. The molecule has 274 valence electrons. The number of nitrogens with zero attached hydrogens (tertiary/aromatic N) is 5. The van der Waals surface area contributed by atoms with Crippen LogP contribution < -0.4 is 0 Å². The highest BCUT2D eigenvalue weighted by molar-refractivity contribution is 6.07. The summed E-state index contributed by atoms with van der Waals surface area (Å²) in [6, 6.07) is 5.57. The van der Waals surface area contributed by atoms with Gasteiger partial charge in [-0.1, -0.05) is 52.8 Å². The molecule has 50 heavy (non-hydrogen) atoms. The minimum atomic E-state index is -2.90. The number of esters is 1. The van der Waals surface area contributed by atoms with Crippen molar-refractivity contribution in [3.8, 4) is 5.82 Å². The van der Waals surface area contributed by atoms with E-state index in [1.165, 1.54) is 6.92 Å². The summed E-state index contributed by atoms with van der Waals surface area (Å²) in [5, 5.41) is 21.1. The summed E-state index contributed by atoms with van der Waals surface area (Å²) in [7, 11) is 0. The highest BCUT2D eigenvalue weighted by Crippen LogP contribution is 2.47. The van der Waals surface area contributed by atoms with Crippen molar-refractivity contribution in [1.82, 2.24) is 14.8 Å². The monoisotopic (exact) mass is 695 g/mol. The van der Waals surface area contributed by atoms with E-state index in [9.17, 15) is 19.5 Å². The number of alkyl halides is 1. The van der Waals surface area contributed by atoms with Crippen LogP contribution in [0.1, 0.15) is 106 Å². The van der Waals surface area contributed by atoms with Crippen LogP contribution in [0.2, 0.25) is 0 Å². The number of aliphatic imine (C=N–C) groups is 1. The molecule has 2 bridgehead atoms. The number of Topliss-reactive ketones (excluding diaryl/α,β-unsaturated/α-hetero) is 1. The van der Waals surface area contributed by atoms with Crippen molar-refractivity contribution < 1.29 is 33.5 Å². The second-order valence-corrected chi connectivity index (χ2v) is 15.1. The van der Waals surface area contributed by atoms with E-state index in [1.54, 1.807) is 37.8 Å². The minimum absolute atomic E-state index is 0.169. The SMILES string of the molecule is CC[C@H]1OC(=O)[C@@](C)(F)C(=O)[C@H](C)[C@@H](C)[C@]2(C)CC/C(=N/OCc3ccc(-n4cccn4)nc3)CC[C@H]([C@@H](C)C(=NC(C)=O)[C@H](C)C2)[C@]1(C)O. The van der Waals surface area contributed by atoms with Crippen LogP contribution >= 0.6 is 0 Å². The van der Waals surface area contributed by atoms with E-state index in [0.29, 0.717) is 43.6 Å². The molecule has 1 saturated heterocycles. The molecule has 0 unspecified atom stereocenters. The number of fused-ring (bicyclic) bond motifs is 5. The summed E-state index contributed by atoms with van der Waals surface area (Å²) in [5.41, 5.74) is -2.92. The maximum Gasteiger partial charge on any atom is 0.351 e. The Bertz CT molecular complexity index is 1570.